The first-order valence-electron chi connectivity index (χ1n) is 6.23. The van der Waals surface area contributed by atoms with Crippen molar-refractivity contribution in [3.05, 3.63) is 34.9 Å². The number of hydrogen-bond acceptors (Lipinski definition) is 2. The molecule has 106 valence electrons. The van der Waals surface area contributed by atoms with Gasteiger partial charge in [-0.05, 0) is 31.9 Å². The number of benzene rings is 1. The van der Waals surface area contributed by atoms with Crippen molar-refractivity contribution >= 4 is 5.91 Å². The number of amides is 1. The highest BCUT2D eigenvalue weighted by atomic mass is 19.1. The highest BCUT2D eigenvalue weighted by molar-refractivity contribution is 5.95. The second kappa shape index (κ2) is 6.10. The molecule has 0 aliphatic rings. The minimum Gasteiger partial charge on any atom is -0.388 e. The minimum absolute atomic E-state index is 0.0491. The van der Waals surface area contributed by atoms with Gasteiger partial charge in [-0.2, -0.15) is 0 Å². The molecule has 1 aromatic rings. The molecule has 0 aliphatic heterocycles. The fraction of sp³-hybridized carbons (Fsp3) is 0.500. The second-order valence-electron chi connectivity index (χ2n) is 4.98. The molecule has 1 atom stereocenters. The lowest BCUT2D eigenvalue weighted by Gasteiger charge is -2.23. The Hall–Kier alpha value is -1.49. The van der Waals surface area contributed by atoms with E-state index in [2.05, 4.69) is 5.32 Å². The molecular formula is C14H19F2NO2. The van der Waals surface area contributed by atoms with Gasteiger partial charge in [-0.15, -0.1) is 0 Å². The molecule has 0 radical (unpaired) electrons. The molecule has 1 unspecified atom stereocenters. The molecule has 0 saturated heterocycles. The van der Waals surface area contributed by atoms with Crippen LogP contribution in [0.25, 0.3) is 0 Å². The monoisotopic (exact) mass is 271 g/mol. The van der Waals surface area contributed by atoms with Crippen LogP contribution in [-0.4, -0.2) is 23.2 Å². The summed E-state index contributed by atoms with van der Waals surface area (Å²) in [4.78, 5) is 11.8. The summed E-state index contributed by atoms with van der Waals surface area (Å²) in [5, 5.41) is 12.3. The molecular weight excluding hydrogens is 252 g/mol. The SMILES string of the molecule is CCCC(C)(O)CNC(=O)c1c(F)ccc(C)c1F. The maximum absolute atomic E-state index is 13.7. The average molecular weight is 271 g/mol. The van der Waals surface area contributed by atoms with E-state index in [0.29, 0.717) is 6.42 Å². The van der Waals surface area contributed by atoms with E-state index in [1.807, 2.05) is 6.92 Å². The van der Waals surface area contributed by atoms with Crippen LogP contribution in [0.5, 0.6) is 0 Å². The Bertz CT molecular complexity index is 473. The molecule has 0 heterocycles. The Balaban J connectivity index is 2.83. The molecule has 1 aromatic carbocycles. The summed E-state index contributed by atoms with van der Waals surface area (Å²) in [6.45, 7) is 4.88. The quantitative estimate of drug-likeness (QED) is 0.864. The summed E-state index contributed by atoms with van der Waals surface area (Å²) < 4.78 is 27.2. The number of hydrogen-bond donors (Lipinski definition) is 2. The van der Waals surface area contributed by atoms with E-state index in [1.165, 1.54) is 13.0 Å². The van der Waals surface area contributed by atoms with Crippen LogP contribution in [0.1, 0.15) is 42.6 Å². The summed E-state index contributed by atoms with van der Waals surface area (Å²) in [6, 6.07) is 2.33. The number of nitrogens with one attached hydrogen (secondary N) is 1. The fourth-order valence-corrected chi connectivity index (χ4v) is 1.85. The van der Waals surface area contributed by atoms with Gasteiger partial charge in [0, 0.05) is 6.54 Å². The zero-order valence-electron chi connectivity index (χ0n) is 11.4. The van der Waals surface area contributed by atoms with Gasteiger partial charge in [0.1, 0.15) is 17.2 Å². The first-order valence-corrected chi connectivity index (χ1v) is 6.23. The maximum atomic E-state index is 13.7. The molecule has 0 aromatic heterocycles. The number of carbonyl (C=O) groups is 1. The van der Waals surface area contributed by atoms with Crippen molar-refractivity contribution in [3.8, 4) is 0 Å². The zero-order valence-corrected chi connectivity index (χ0v) is 11.4. The van der Waals surface area contributed by atoms with E-state index < -0.39 is 28.7 Å². The van der Waals surface area contributed by atoms with Gasteiger partial charge in [-0.1, -0.05) is 19.4 Å². The van der Waals surface area contributed by atoms with Gasteiger partial charge >= 0.3 is 0 Å². The fourth-order valence-electron chi connectivity index (χ4n) is 1.85. The lowest BCUT2D eigenvalue weighted by molar-refractivity contribution is 0.0467. The molecule has 0 saturated carbocycles. The van der Waals surface area contributed by atoms with Crippen molar-refractivity contribution in [2.45, 2.75) is 39.2 Å². The molecule has 0 spiro atoms. The van der Waals surface area contributed by atoms with Gasteiger partial charge in [-0.3, -0.25) is 4.79 Å². The van der Waals surface area contributed by atoms with Crippen LogP contribution in [0.2, 0.25) is 0 Å². The van der Waals surface area contributed by atoms with Crippen LogP contribution >= 0.6 is 0 Å². The maximum Gasteiger partial charge on any atom is 0.257 e. The van der Waals surface area contributed by atoms with Gasteiger partial charge in [0.2, 0.25) is 0 Å². The normalized spacial score (nSPS) is 14.0. The van der Waals surface area contributed by atoms with Crippen LogP contribution in [0.15, 0.2) is 12.1 Å². The molecule has 2 N–H and O–H groups in total. The summed E-state index contributed by atoms with van der Waals surface area (Å²) in [6.07, 6.45) is 1.24. The topological polar surface area (TPSA) is 49.3 Å². The predicted molar refractivity (Wildman–Crippen MR) is 69.0 cm³/mol. The molecule has 19 heavy (non-hydrogen) atoms. The van der Waals surface area contributed by atoms with Crippen LogP contribution in [-0.2, 0) is 0 Å². The zero-order chi connectivity index (χ0) is 14.6. The van der Waals surface area contributed by atoms with Crippen molar-refractivity contribution < 1.29 is 18.7 Å². The van der Waals surface area contributed by atoms with E-state index in [-0.39, 0.29) is 12.1 Å². The molecule has 1 amide bonds. The third kappa shape index (κ3) is 3.99. The first-order chi connectivity index (χ1) is 8.78. The highest BCUT2D eigenvalue weighted by Gasteiger charge is 2.23. The number of aryl methyl sites for hydroxylation is 1. The van der Waals surface area contributed by atoms with Gasteiger partial charge in [0.15, 0.2) is 0 Å². The number of carbonyl (C=O) groups excluding carboxylic acids is 1. The van der Waals surface area contributed by atoms with Gasteiger partial charge in [-0.25, -0.2) is 8.78 Å². The van der Waals surface area contributed by atoms with Gasteiger partial charge in [0.05, 0.1) is 5.60 Å². The summed E-state index contributed by atoms with van der Waals surface area (Å²) in [5.41, 5.74) is -1.49. The van der Waals surface area contributed by atoms with Crippen molar-refractivity contribution in [1.29, 1.82) is 0 Å². The predicted octanol–water partition coefficient (Wildman–Crippen LogP) is 2.55. The van der Waals surface area contributed by atoms with Crippen molar-refractivity contribution in [1.82, 2.24) is 5.32 Å². The van der Waals surface area contributed by atoms with Crippen LogP contribution < -0.4 is 5.32 Å². The van der Waals surface area contributed by atoms with Crippen molar-refractivity contribution in [2.75, 3.05) is 6.54 Å². The molecule has 5 heteroatoms. The molecule has 0 fully saturated rings. The number of halogens is 2. The standard InChI is InChI=1S/C14H19F2NO2/c1-4-7-14(3,19)8-17-13(18)11-10(15)6-5-9(2)12(11)16/h5-6,19H,4,7-8H2,1-3H3,(H,17,18). The largest absolute Gasteiger partial charge is 0.388 e. The summed E-state index contributed by atoms with van der Waals surface area (Å²) >= 11 is 0. The second-order valence-corrected chi connectivity index (χ2v) is 4.98. The Morgan fingerprint density at radius 2 is 2.05 bits per heavy atom. The Morgan fingerprint density at radius 1 is 1.42 bits per heavy atom. The highest BCUT2D eigenvalue weighted by Crippen LogP contribution is 2.17. The minimum atomic E-state index is -1.08. The third-order valence-corrected chi connectivity index (χ3v) is 2.93. The van der Waals surface area contributed by atoms with E-state index in [4.69, 9.17) is 0 Å². The van der Waals surface area contributed by atoms with Crippen molar-refractivity contribution in [2.24, 2.45) is 0 Å². The van der Waals surface area contributed by atoms with Crippen LogP contribution in [0.4, 0.5) is 8.78 Å². The lowest BCUT2D eigenvalue weighted by atomic mass is 10.0. The Kier molecular flexibility index (Phi) is 5.00. The van der Waals surface area contributed by atoms with E-state index in [1.54, 1.807) is 6.92 Å². The molecule has 1 rings (SSSR count). The summed E-state index contributed by atoms with van der Waals surface area (Å²) in [7, 11) is 0. The summed E-state index contributed by atoms with van der Waals surface area (Å²) in [5.74, 6) is -2.63. The van der Waals surface area contributed by atoms with Gasteiger partial charge in [0.25, 0.3) is 5.91 Å². The first kappa shape index (κ1) is 15.6. The van der Waals surface area contributed by atoms with Crippen LogP contribution in [0, 0.1) is 18.6 Å². The molecule has 0 bridgehead atoms. The third-order valence-electron chi connectivity index (χ3n) is 2.93. The van der Waals surface area contributed by atoms with Gasteiger partial charge < -0.3 is 10.4 Å². The van der Waals surface area contributed by atoms with E-state index >= 15 is 0 Å². The van der Waals surface area contributed by atoms with E-state index in [9.17, 15) is 18.7 Å². The lowest BCUT2D eigenvalue weighted by Crippen LogP contribution is -2.41. The number of rotatable bonds is 5. The smallest absolute Gasteiger partial charge is 0.257 e. The van der Waals surface area contributed by atoms with E-state index in [0.717, 1.165) is 12.5 Å². The van der Waals surface area contributed by atoms with Crippen LogP contribution in [0.3, 0.4) is 0 Å². The Labute approximate surface area is 111 Å². The molecule has 3 nitrogen and oxygen atoms in total. The number of aliphatic hydroxyl groups is 1. The van der Waals surface area contributed by atoms with Crippen molar-refractivity contribution in [3.63, 3.8) is 0 Å². The Morgan fingerprint density at radius 3 is 2.63 bits per heavy atom. The molecule has 0 aliphatic carbocycles. The average Bonchev–Trinajstić information content (AvgIpc) is 2.32.